The lowest BCUT2D eigenvalue weighted by Gasteiger charge is -2.51. The molecule has 3 aliphatic rings. The van der Waals surface area contributed by atoms with Gasteiger partial charge in [-0.2, -0.15) is 0 Å². The van der Waals surface area contributed by atoms with E-state index in [4.69, 9.17) is 0 Å². The molecule has 4 heterocycles. The molecule has 0 aliphatic carbocycles. The quantitative estimate of drug-likeness (QED) is 0.808. The number of para-hydroxylation sites is 1. The third-order valence-electron chi connectivity index (χ3n) is 5.89. The van der Waals surface area contributed by atoms with Gasteiger partial charge in [-0.15, -0.1) is 0 Å². The summed E-state index contributed by atoms with van der Waals surface area (Å²) in [5, 5.41) is 1.29. The summed E-state index contributed by atoms with van der Waals surface area (Å²) in [4.78, 5) is 18.0. The van der Waals surface area contributed by atoms with E-state index >= 15 is 0 Å². The SMILES string of the molecule is CCN1CCN2CCc3c4n(c5ccccc35)C(=O)C[C@@H]1[C@H]42. The van der Waals surface area contributed by atoms with Crippen LogP contribution in [-0.4, -0.2) is 52.5 Å². The number of fused-ring (bicyclic) bond motifs is 3. The Balaban J connectivity index is 1.81. The van der Waals surface area contributed by atoms with Crippen LogP contribution in [0.25, 0.3) is 10.9 Å². The number of carbonyl (C=O) groups is 1. The minimum atomic E-state index is 0.279. The number of hydrogen-bond donors (Lipinski definition) is 0. The first kappa shape index (κ1) is 12.9. The zero-order chi connectivity index (χ0) is 14.8. The van der Waals surface area contributed by atoms with Gasteiger partial charge < -0.3 is 0 Å². The van der Waals surface area contributed by atoms with E-state index in [0.29, 0.717) is 18.5 Å². The van der Waals surface area contributed by atoms with E-state index in [2.05, 4.69) is 34.9 Å². The van der Waals surface area contributed by atoms with Crippen molar-refractivity contribution < 1.29 is 4.79 Å². The van der Waals surface area contributed by atoms with Crippen molar-refractivity contribution in [1.82, 2.24) is 14.4 Å². The van der Waals surface area contributed by atoms with E-state index < -0.39 is 0 Å². The lowest BCUT2D eigenvalue weighted by molar-refractivity contribution is -0.000294. The predicted molar refractivity (Wildman–Crippen MR) is 86.2 cm³/mol. The summed E-state index contributed by atoms with van der Waals surface area (Å²) in [7, 11) is 0. The van der Waals surface area contributed by atoms with Crippen LogP contribution < -0.4 is 0 Å². The zero-order valence-electron chi connectivity index (χ0n) is 13.0. The van der Waals surface area contributed by atoms with Crippen LogP contribution in [0.4, 0.5) is 0 Å². The summed E-state index contributed by atoms with van der Waals surface area (Å²) in [5.41, 5.74) is 3.84. The second kappa shape index (κ2) is 4.43. The number of likely N-dealkylation sites (N-methyl/N-ethyl adjacent to an activating group) is 1. The molecule has 1 fully saturated rings. The van der Waals surface area contributed by atoms with Gasteiger partial charge >= 0.3 is 0 Å². The standard InChI is InChI=1S/C18H21N3O/c1-2-19-9-10-20-8-7-13-12-5-3-4-6-14(12)21-16(22)11-15(19)18(20)17(13)21/h3-6,15,18H,2,7-11H2,1H3/t15-,18-/m1/s1. The van der Waals surface area contributed by atoms with Gasteiger partial charge in [0, 0.05) is 43.2 Å². The van der Waals surface area contributed by atoms with Crippen LogP contribution in [0.1, 0.15) is 35.4 Å². The normalized spacial score (nSPS) is 28.1. The van der Waals surface area contributed by atoms with Gasteiger partial charge in [-0.1, -0.05) is 25.1 Å². The Bertz CT molecular complexity index is 778. The number of nitrogens with zero attached hydrogens (tertiary/aromatic N) is 3. The van der Waals surface area contributed by atoms with Crippen molar-refractivity contribution in [3.8, 4) is 0 Å². The van der Waals surface area contributed by atoms with E-state index in [-0.39, 0.29) is 5.91 Å². The Kier molecular flexibility index (Phi) is 2.59. The second-order valence-electron chi connectivity index (χ2n) is 6.74. The molecule has 0 spiro atoms. The second-order valence-corrected chi connectivity index (χ2v) is 6.74. The van der Waals surface area contributed by atoms with Crippen molar-refractivity contribution in [3.05, 3.63) is 35.5 Å². The monoisotopic (exact) mass is 295 g/mol. The van der Waals surface area contributed by atoms with Crippen LogP contribution in [0.3, 0.4) is 0 Å². The van der Waals surface area contributed by atoms with Crippen LogP contribution in [-0.2, 0) is 6.42 Å². The van der Waals surface area contributed by atoms with E-state index in [1.165, 1.54) is 16.6 Å². The molecule has 0 saturated carbocycles. The molecule has 114 valence electrons. The molecular formula is C18H21N3O. The van der Waals surface area contributed by atoms with Gasteiger partial charge in [-0.05, 0) is 24.6 Å². The summed E-state index contributed by atoms with van der Waals surface area (Å²) in [6, 6.07) is 9.21. The molecule has 2 aromatic rings. The lowest BCUT2D eigenvalue weighted by atomic mass is 9.86. The highest BCUT2D eigenvalue weighted by Crippen LogP contribution is 2.45. The third-order valence-corrected chi connectivity index (χ3v) is 5.89. The molecule has 1 aromatic carbocycles. The Labute approximate surface area is 130 Å². The molecule has 0 radical (unpaired) electrons. The summed E-state index contributed by atoms with van der Waals surface area (Å²) in [6.07, 6.45) is 1.73. The van der Waals surface area contributed by atoms with Crippen LogP contribution in [0.2, 0.25) is 0 Å². The maximum atomic E-state index is 12.9. The Morgan fingerprint density at radius 3 is 2.91 bits per heavy atom. The molecule has 0 N–H and O–H groups in total. The zero-order valence-corrected chi connectivity index (χ0v) is 13.0. The smallest absolute Gasteiger partial charge is 0.233 e. The molecule has 0 unspecified atom stereocenters. The molecular weight excluding hydrogens is 274 g/mol. The fraction of sp³-hybridized carbons (Fsp3) is 0.500. The first-order valence-corrected chi connectivity index (χ1v) is 8.43. The van der Waals surface area contributed by atoms with Crippen molar-refractivity contribution >= 4 is 16.8 Å². The molecule has 5 rings (SSSR count). The Hall–Kier alpha value is -1.65. The van der Waals surface area contributed by atoms with Gasteiger partial charge in [0.25, 0.3) is 0 Å². The molecule has 1 saturated heterocycles. The largest absolute Gasteiger partial charge is 0.297 e. The summed E-state index contributed by atoms with van der Waals surface area (Å²) < 4.78 is 2.04. The molecule has 4 heteroatoms. The fourth-order valence-electron chi connectivity index (χ4n) is 4.94. The van der Waals surface area contributed by atoms with Gasteiger partial charge in [0.15, 0.2) is 0 Å². The minimum absolute atomic E-state index is 0.279. The highest BCUT2D eigenvalue weighted by molar-refractivity contribution is 5.97. The maximum absolute atomic E-state index is 12.9. The van der Waals surface area contributed by atoms with E-state index in [0.717, 1.165) is 38.1 Å². The maximum Gasteiger partial charge on any atom is 0.233 e. The first-order chi connectivity index (χ1) is 10.8. The molecule has 4 nitrogen and oxygen atoms in total. The van der Waals surface area contributed by atoms with Gasteiger partial charge in [-0.3, -0.25) is 19.2 Å². The number of piperazine rings is 1. The molecule has 1 aromatic heterocycles. The number of aromatic nitrogens is 1. The van der Waals surface area contributed by atoms with Gasteiger partial charge in [0.1, 0.15) is 0 Å². The van der Waals surface area contributed by atoms with Crippen LogP contribution in [0.15, 0.2) is 24.3 Å². The van der Waals surface area contributed by atoms with Crippen molar-refractivity contribution in [2.45, 2.75) is 31.8 Å². The van der Waals surface area contributed by atoms with Crippen LogP contribution in [0.5, 0.6) is 0 Å². The van der Waals surface area contributed by atoms with Crippen molar-refractivity contribution in [1.29, 1.82) is 0 Å². The van der Waals surface area contributed by atoms with E-state index in [1.54, 1.807) is 0 Å². The number of hydrogen-bond acceptors (Lipinski definition) is 3. The molecule has 0 bridgehead atoms. The van der Waals surface area contributed by atoms with Crippen LogP contribution in [0, 0.1) is 0 Å². The third kappa shape index (κ3) is 1.47. The van der Waals surface area contributed by atoms with Crippen molar-refractivity contribution in [3.63, 3.8) is 0 Å². The number of rotatable bonds is 1. The van der Waals surface area contributed by atoms with Crippen molar-refractivity contribution in [2.24, 2.45) is 0 Å². The van der Waals surface area contributed by atoms with Crippen LogP contribution >= 0.6 is 0 Å². The van der Waals surface area contributed by atoms with E-state index in [1.807, 2.05) is 10.6 Å². The fourth-order valence-corrected chi connectivity index (χ4v) is 4.94. The molecule has 3 aliphatic heterocycles. The van der Waals surface area contributed by atoms with Gasteiger partial charge in [0.2, 0.25) is 5.91 Å². The Morgan fingerprint density at radius 2 is 2.05 bits per heavy atom. The average molecular weight is 295 g/mol. The molecule has 0 amide bonds. The molecule has 2 atom stereocenters. The minimum Gasteiger partial charge on any atom is -0.297 e. The lowest BCUT2D eigenvalue weighted by Crippen LogP contribution is -2.59. The number of benzene rings is 1. The van der Waals surface area contributed by atoms with Gasteiger partial charge in [-0.25, -0.2) is 0 Å². The predicted octanol–water partition coefficient (Wildman–Crippen LogP) is 2.29. The highest BCUT2D eigenvalue weighted by atomic mass is 16.2. The highest BCUT2D eigenvalue weighted by Gasteiger charge is 2.47. The Morgan fingerprint density at radius 1 is 1.18 bits per heavy atom. The van der Waals surface area contributed by atoms with E-state index in [9.17, 15) is 4.79 Å². The summed E-state index contributed by atoms with van der Waals surface area (Å²) in [5.74, 6) is 0.279. The topological polar surface area (TPSA) is 28.5 Å². The number of carbonyl (C=O) groups excluding carboxylic acids is 1. The molecule has 22 heavy (non-hydrogen) atoms. The van der Waals surface area contributed by atoms with Crippen molar-refractivity contribution in [2.75, 3.05) is 26.2 Å². The average Bonchev–Trinajstić information content (AvgIpc) is 2.90. The summed E-state index contributed by atoms with van der Waals surface area (Å²) >= 11 is 0. The first-order valence-electron chi connectivity index (χ1n) is 8.43. The van der Waals surface area contributed by atoms with Gasteiger partial charge in [0.05, 0.1) is 11.6 Å². The summed E-state index contributed by atoms with van der Waals surface area (Å²) in [6.45, 7) is 6.62.